The zero-order valence-electron chi connectivity index (χ0n) is 18.5. The van der Waals surface area contributed by atoms with Gasteiger partial charge in [-0.3, -0.25) is 4.79 Å². The zero-order valence-corrected chi connectivity index (χ0v) is 19.2. The Balaban J connectivity index is 2.16. The van der Waals surface area contributed by atoms with Crippen LogP contribution in [-0.4, -0.2) is 52.3 Å². The van der Waals surface area contributed by atoms with Crippen LogP contribution in [0.2, 0.25) is 5.02 Å². The van der Waals surface area contributed by atoms with Crippen LogP contribution in [0.15, 0.2) is 36.4 Å². The van der Waals surface area contributed by atoms with Crippen molar-refractivity contribution in [3.63, 3.8) is 0 Å². The summed E-state index contributed by atoms with van der Waals surface area (Å²) in [7, 11) is 7.10. The fourth-order valence-corrected chi connectivity index (χ4v) is 3.25. The topological polar surface area (TPSA) is 60.0 Å². The van der Waals surface area contributed by atoms with Crippen molar-refractivity contribution in [2.75, 3.05) is 41.5 Å². The van der Waals surface area contributed by atoms with Gasteiger partial charge in [0, 0.05) is 12.1 Å². The number of ether oxygens (including phenoxy) is 3. The van der Waals surface area contributed by atoms with Crippen molar-refractivity contribution in [1.82, 2.24) is 10.2 Å². The normalized spacial score (nSPS) is 12.0. The Bertz CT molecular complexity index is 855. The van der Waals surface area contributed by atoms with E-state index in [4.69, 9.17) is 25.8 Å². The number of methoxy groups -OCH3 is 2. The summed E-state index contributed by atoms with van der Waals surface area (Å²) in [6, 6.07) is 11.0. The maximum absolute atomic E-state index is 12.8. The molecule has 1 N–H and O–H groups in total. The summed E-state index contributed by atoms with van der Waals surface area (Å²) >= 11 is 6.38. The smallest absolute Gasteiger partial charge is 0.251 e. The molecule has 0 aliphatic carbocycles. The predicted octanol–water partition coefficient (Wildman–Crippen LogP) is 4.42. The second kappa shape index (κ2) is 11.1. The van der Waals surface area contributed by atoms with E-state index < -0.39 is 0 Å². The lowest BCUT2D eigenvalue weighted by Gasteiger charge is -2.25. The molecule has 2 aromatic carbocycles. The highest BCUT2D eigenvalue weighted by molar-refractivity contribution is 6.32. The first-order valence-electron chi connectivity index (χ1n) is 9.85. The lowest BCUT2D eigenvalue weighted by Crippen LogP contribution is -2.34. The Kier molecular flexibility index (Phi) is 8.81. The summed E-state index contributed by atoms with van der Waals surface area (Å²) in [5.41, 5.74) is 1.46. The number of nitrogens with one attached hydrogen (secondary N) is 1. The van der Waals surface area contributed by atoms with E-state index in [9.17, 15) is 4.79 Å². The van der Waals surface area contributed by atoms with Crippen LogP contribution in [0.4, 0.5) is 0 Å². The summed E-state index contributed by atoms with van der Waals surface area (Å²) in [6.07, 6.45) is 0. The molecular weight excluding hydrogens is 404 g/mol. The van der Waals surface area contributed by atoms with Gasteiger partial charge in [-0.05, 0) is 49.8 Å². The number of likely N-dealkylation sites (N-methyl/N-ethyl adjacent to an activating group) is 1. The van der Waals surface area contributed by atoms with Crippen molar-refractivity contribution in [3.8, 4) is 17.2 Å². The van der Waals surface area contributed by atoms with E-state index in [1.165, 1.54) is 7.11 Å². The Labute approximate surface area is 184 Å². The quantitative estimate of drug-likeness (QED) is 0.599. The van der Waals surface area contributed by atoms with Gasteiger partial charge < -0.3 is 24.4 Å². The summed E-state index contributed by atoms with van der Waals surface area (Å²) in [4.78, 5) is 14.9. The second-order valence-electron chi connectivity index (χ2n) is 7.66. The molecular formula is C23H31ClN2O4. The summed E-state index contributed by atoms with van der Waals surface area (Å²) in [5, 5.41) is 3.33. The Hall–Kier alpha value is -2.44. The molecule has 0 spiro atoms. The number of carbonyl (C=O) groups excluding carboxylic acids is 1. The SMILES string of the molecule is COc1cccc(C(CNC(=O)c2cc(Cl)c(OCC(C)C)c(OC)c2)N(C)C)c1. The predicted molar refractivity (Wildman–Crippen MR) is 120 cm³/mol. The van der Waals surface area contributed by atoms with Gasteiger partial charge in [0.1, 0.15) is 5.75 Å². The Morgan fingerprint density at radius 2 is 1.87 bits per heavy atom. The highest BCUT2D eigenvalue weighted by Crippen LogP contribution is 2.36. The lowest BCUT2D eigenvalue weighted by atomic mass is 10.1. The van der Waals surface area contributed by atoms with E-state index in [0.29, 0.717) is 41.2 Å². The summed E-state index contributed by atoms with van der Waals surface area (Å²) in [5.74, 6) is 1.77. The number of rotatable bonds is 10. The number of amides is 1. The molecule has 0 bridgehead atoms. The molecule has 0 radical (unpaired) electrons. The Morgan fingerprint density at radius 1 is 1.13 bits per heavy atom. The highest BCUT2D eigenvalue weighted by Gasteiger charge is 2.19. The van der Waals surface area contributed by atoms with Crippen molar-refractivity contribution in [2.45, 2.75) is 19.9 Å². The first kappa shape index (κ1) is 23.8. The second-order valence-corrected chi connectivity index (χ2v) is 8.07. The molecule has 0 saturated heterocycles. The van der Waals surface area contributed by atoms with Gasteiger partial charge in [0.05, 0.1) is 31.9 Å². The Morgan fingerprint density at radius 3 is 2.47 bits per heavy atom. The molecule has 0 aromatic heterocycles. The molecule has 6 nitrogen and oxygen atoms in total. The van der Waals surface area contributed by atoms with Crippen LogP contribution in [0.5, 0.6) is 17.2 Å². The molecule has 2 aromatic rings. The van der Waals surface area contributed by atoms with E-state index in [0.717, 1.165) is 11.3 Å². The van der Waals surface area contributed by atoms with Gasteiger partial charge in [0.25, 0.3) is 5.91 Å². The number of hydrogen-bond donors (Lipinski definition) is 1. The average Bonchev–Trinajstić information content (AvgIpc) is 2.72. The number of halogens is 1. The van der Waals surface area contributed by atoms with Crippen LogP contribution in [-0.2, 0) is 0 Å². The van der Waals surface area contributed by atoms with Crippen molar-refractivity contribution in [2.24, 2.45) is 5.92 Å². The number of nitrogens with zero attached hydrogens (tertiary/aromatic N) is 1. The van der Waals surface area contributed by atoms with Gasteiger partial charge in [-0.2, -0.15) is 0 Å². The van der Waals surface area contributed by atoms with E-state index in [-0.39, 0.29) is 11.9 Å². The van der Waals surface area contributed by atoms with Gasteiger partial charge in [-0.1, -0.05) is 37.6 Å². The first-order chi connectivity index (χ1) is 14.3. The van der Waals surface area contributed by atoms with Crippen LogP contribution in [0, 0.1) is 5.92 Å². The van der Waals surface area contributed by atoms with Crippen LogP contribution in [0.3, 0.4) is 0 Å². The number of benzene rings is 2. The lowest BCUT2D eigenvalue weighted by molar-refractivity contribution is 0.0941. The summed E-state index contributed by atoms with van der Waals surface area (Å²) in [6.45, 7) is 5.02. The van der Waals surface area contributed by atoms with Gasteiger partial charge in [0.15, 0.2) is 11.5 Å². The van der Waals surface area contributed by atoms with Crippen molar-refractivity contribution in [1.29, 1.82) is 0 Å². The van der Waals surface area contributed by atoms with Crippen molar-refractivity contribution in [3.05, 3.63) is 52.5 Å². The van der Waals surface area contributed by atoms with Crippen LogP contribution >= 0.6 is 11.6 Å². The summed E-state index contributed by atoms with van der Waals surface area (Å²) < 4.78 is 16.5. The minimum absolute atomic E-state index is 0.0185. The van der Waals surface area contributed by atoms with Crippen LogP contribution < -0.4 is 19.5 Å². The molecule has 0 aliphatic rings. The zero-order chi connectivity index (χ0) is 22.3. The molecule has 0 heterocycles. The number of carbonyl (C=O) groups is 1. The minimum Gasteiger partial charge on any atom is -0.497 e. The average molecular weight is 435 g/mol. The van der Waals surface area contributed by atoms with Gasteiger partial charge in [-0.25, -0.2) is 0 Å². The van der Waals surface area contributed by atoms with E-state index in [1.807, 2.05) is 57.1 Å². The third-order valence-electron chi connectivity index (χ3n) is 4.61. The molecule has 164 valence electrons. The molecule has 0 saturated carbocycles. The van der Waals surface area contributed by atoms with E-state index in [2.05, 4.69) is 5.32 Å². The van der Waals surface area contributed by atoms with Crippen molar-refractivity contribution >= 4 is 17.5 Å². The maximum Gasteiger partial charge on any atom is 0.251 e. The molecule has 1 amide bonds. The molecule has 30 heavy (non-hydrogen) atoms. The minimum atomic E-state index is -0.236. The largest absolute Gasteiger partial charge is 0.497 e. The van der Waals surface area contributed by atoms with E-state index >= 15 is 0 Å². The standard InChI is InChI=1S/C23H31ClN2O4/c1-15(2)14-30-22-19(24)11-17(12-21(22)29-6)23(27)25-13-20(26(3)4)16-8-7-9-18(10-16)28-5/h7-12,15,20H,13-14H2,1-6H3,(H,25,27). The highest BCUT2D eigenvalue weighted by atomic mass is 35.5. The van der Waals surface area contributed by atoms with Gasteiger partial charge in [0.2, 0.25) is 0 Å². The van der Waals surface area contributed by atoms with Gasteiger partial charge in [-0.15, -0.1) is 0 Å². The fraction of sp³-hybridized carbons (Fsp3) is 0.435. The monoisotopic (exact) mass is 434 g/mol. The molecule has 1 unspecified atom stereocenters. The van der Waals surface area contributed by atoms with Crippen molar-refractivity contribution < 1.29 is 19.0 Å². The third-order valence-corrected chi connectivity index (χ3v) is 4.89. The van der Waals surface area contributed by atoms with Crippen LogP contribution in [0.1, 0.15) is 35.8 Å². The fourth-order valence-electron chi connectivity index (χ4n) is 2.98. The first-order valence-corrected chi connectivity index (χ1v) is 10.2. The molecule has 0 aliphatic heterocycles. The molecule has 2 rings (SSSR count). The molecule has 7 heteroatoms. The molecule has 0 fully saturated rings. The van der Waals surface area contributed by atoms with Gasteiger partial charge >= 0.3 is 0 Å². The number of hydrogen-bond acceptors (Lipinski definition) is 5. The third kappa shape index (κ3) is 6.28. The maximum atomic E-state index is 12.8. The molecule has 1 atom stereocenters. The van der Waals surface area contributed by atoms with Crippen LogP contribution in [0.25, 0.3) is 0 Å². The van der Waals surface area contributed by atoms with E-state index in [1.54, 1.807) is 19.2 Å².